The van der Waals surface area contributed by atoms with E-state index in [-0.39, 0.29) is 24.9 Å². The maximum absolute atomic E-state index is 12.6. The van der Waals surface area contributed by atoms with E-state index in [1.165, 1.54) is 6.92 Å². The van der Waals surface area contributed by atoms with Gasteiger partial charge in [-0.05, 0) is 49.2 Å². The fourth-order valence-corrected chi connectivity index (χ4v) is 3.03. The van der Waals surface area contributed by atoms with Crippen LogP contribution in [0.4, 0.5) is 5.69 Å². The normalized spacial score (nSPS) is 10.7. The Kier molecular flexibility index (Phi) is 5.02. The SMILES string of the molecule is CC(=O)NCc1nc2ccccc2n1CC(=O)Nc1cc(C)cc(C)c1. The third-order valence-electron chi connectivity index (χ3n) is 4.04. The largest absolute Gasteiger partial charge is 0.349 e. The minimum atomic E-state index is -0.137. The number of benzene rings is 2. The second-order valence-corrected chi connectivity index (χ2v) is 6.44. The minimum Gasteiger partial charge on any atom is -0.349 e. The van der Waals surface area contributed by atoms with Crippen LogP contribution in [0.1, 0.15) is 23.9 Å². The van der Waals surface area contributed by atoms with Crippen LogP contribution < -0.4 is 10.6 Å². The van der Waals surface area contributed by atoms with Crippen molar-refractivity contribution in [2.45, 2.75) is 33.9 Å². The quantitative estimate of drug-likeness (QED) is 0.743. The Morgan fingerprint density at radius 2 is 1.77 bits per heavy atom. The fourth-order valence-electron chi connectivity index (χ4n) is 3.03. The van der Waals surface area contributed by atoms with E-state index in [0.29, 0.717) is 5.82 Å². The van der Waals surface area contributed by atoms with Gasteiger partial charge in [0.05, 0.1) is 17.6 Å². The first kappa shape index (κ1) is 17.7. The highest BCUT2D eigenvalue weighted by atomic mass is 16.2. The van der Waals surface area contributed by atoms with Crippen LogP contribution in [0.3, 0.4) is 0 Å². The number of hydrogen-bond acceptors (Lipinski definition) is 3. The fraction of sp³-hybridized carbons (Fsp3) is 0.250. The molecule has 134 valence electrons. The molecule has 2 N–H and O–H groups in total. The molecule has 2 amide bonds. The molecule has 0 atom stereocenters. The van der Waals surface area contributed by atoms with Gasteiger partial charge in [0.2, 0.25) is 11.8 Å². The second-order valence-electron chi connectivity index (χ2n) is 6.44. The third-order valence-corrected chi connectivity index (χ3v) is 4.04. The number of hydrogen-bond donors (Lipinski definition) is 2. The number of nitrogens with zero attached hydrogens (tertiary/aromatic N) is 2. The lowest BCUT2D eigenvalue weighted by molar-refractivity contribution is -0.119. The van der Waals surface area contributed by atoms with E-state index in [2.05, 4.69) is 21.7 Å². The topological polar surface area (TPSA) is 76.0 Å². The predicted molar refractivity (Wildman–Crippen MR) is 102 cm³/mol. The Morgan fingerprint density at radius 1 is 1.08 bits per heavy atom. The molecule has 3 aromatic rings. The van der Waals surface area contributed by atoms with E-state index >= 15 is 0 Å². The van der Waals surface area contributed by atoms with Gasteiger partial charge in [0.25, 0.3) is 0 Å². The van der Waals surface area contributed by atoms with Crippen molar-refractivity contribution in [2.75, 3.05) is 5.32 Å². The lowest BCUT2D eigenvalue weighted by atomic mass is 10.1. The van der Waals surface area contributed by atoms with Crippen LogP contribution in [0.25, 0.3) is 11.0 Å². The number of carbonyl (C=O) groups is 2. The third kappa shape index (κ3) is 4.08. The summed E-state index contributed by atoms with van der Waals surface area (Å²) in [5.74, 6) is 0.377. The maximum atomic E-state index is 12.6. The van der Waals surface area contributed by atoms with Crippen molar-refractivity contribution in [3.8, 4) is 0 Å². The number of fused-ring (bicyclic) bond motifs is 1. The van der Waals surface area contributed by atoms with Gasteiger partial charge in [-0.25, -0.2) is 4.98 Å². The van der Waals surface area contributed by atoms with Gasteiger partial charge in [0.1, 0.15) is 12.4 Å². The lowest BCUT2D eigenvalue weighted by Gasteiger charge is -2.11. The molecular weight excluding hydrogens is 328 g/mol. The van der Waals surface area contributed by atoms with Crippen LogP contribution in [-0.4, -0.2) is 21.4 Å². The van der Waals surface area contributed by atoms with Gasteiger partial charge in [-0.1, -0.05) is 18.2 Å². The number of aryl methyl sites for hydroxylation is 2. The van der Waals surface area contributed by atoms with Gasteiger partial charge in [-0.3, -0.25) is 9.59 Å². The zero-order chi connectivity index (χ0) is 18.7. The standard InChI is InChI=1S/C20H22N4O2/c1-13-8-14(2)10-16(9-13)22-20(26)12-24-18-7-5-4-6-17(18)23-19(24)11-21-15(3)25/h4-10H,11-12H2,1-3H3,(H,21,25)(H,22,26). The average Bonchev–Trinajstić information content (AvgIpc) is 2.89. The Hall–Kier alpha value is -3.15. The van der Waals surface area contributed by atoms with Crippen LogP contribution in [0, 0.1) is 13.8 Å². The monoisotopic (exact) mass is 350 g/mol. The highest BCUT2D eigenvalue weighted by Gasteiger charge is 2.14. The molecule has 1 heterocycles. The van der Waals surface area contributed by atoms with Crippen LogP contribution in [0.15, 0.2) is 42.5 Å². The molecule has 2 aromatic carbocycles. The molecule has 0 aliphatic rings. The van der Waals surface area contributed by atoms with Crippen molar-refractivity contribution in [1.29, 1.82) is 0 Å². The number of imidazole rings is 1. The summed E-state index contributed by atoms with van der Waals surface area (Å²) in [5, 5.41) is 5.69. The summed E-state index contributed by atoms with van der Waals surface area (Å²) >= 11 is 0. The summed E-state index contributed by atoms with van der Waals surface area (Å²) in [4.78, 5) is 28.4. The zero-order valence-corrected chi connectivity index (χ0v) is 15.2. The Labute approximate surface area is 152 Å². The molecule has 0 radical (unpaired) electrons. The Bertz CT molecular complexity index is 955. The van der Waals surface area contributed by atoms with Gasteiger partial charge in [-0.2, -0.15) is 0 Å². The molecule has 0 saturated heterocycles. The molecule has 0 spiro atoms. The van der Waals surface area contributed by atoms with Gasteiger partial charge in [0, 0.05) is 12.6 Å². The Balaban J connectivity index is 1.85. The second kappa shape index (κ2) is 7.39. The van der Waals surface area contributed by atoms with Crippen molar-refractivity contribution >= 4 is 28.5 Å². The first-order chi connectivity index (χ1) is 12.4. The number of anilines is 1. The highest BCUT2D eigenvalue weighted by Crippen LogP contribution is 2.17. The van der Waals surface area contributed by atoms with Crippen molar-refractivity contribution in [2.24, 2.45) is 0 Å². The van der Waals surface area contributed by atoms with Gasteiger partial charge in [0.15, 0.2) is 0 Å². The summed E-state index contributed by atoms with van der Waals surface area (Å²) in [6, 6.07) is 13.6. The first-order valence-electron chi connectivity index (χ1n) is 8.49. The summed E-state index contributed by atoms with van der Waals surface area (Å²) in [6.45, 7) is 5.86. The molecule has 0 aliphatic heterocycles. The number of aromatic nitrogens is 2. The number of nitrogens with one attached hydrogen (secondary N) is 2. The summed E-state index contributed by atoms with van der Waals surface area (Å²) < 4.78 is 1.84. The molecule has 3 rings (SSSR count). The van der Waals surface area contributed by atoms with Crippen LogP contribution in [0.2, 0.25) is 0 Å². The first-order valence-corrected chi connectivity index (χ1v) is 8.49. The molecule has 0 unspecified atom stereocenters. The smallest absolute Gasteiger partial charge is 0.244 e. The van der Waals surface area contributed by atoms with E-state index in [9.17, 15) is 9.59 Å². The van der Waals surface area contributed by atoms with Gasteiger partial charge >= 0.3 is 0 Å². The van der Waals surface area contributed by atoms with E-state index in [4.69, 9.17) is 0 Å². The van der Waals surface area contributed by atoms with E-state index < -0.39 is 0 Å². The molecule has 26 heavy (non-hydrogen) atoms. The van der Waals surface area contributed by atoms with Gasteiger partial charge in [-0.15, -0.1) is 0 Å². The van der Waals surface area contributed by atoms with Gasteiger partial charge < -0.3 is 15.2 Å². The predicted octanol–water partition coefficient (Wildman–Crippen LogP) is 2.93. The molecule has 0 aliphatic carbocycles. The number of rotatable bonds is 5. The minimum absolute atomic E-state index is 0.127. The maximum Gasteiger partial charge on any atom is 0.244 e. The van der Waals surface area contributed by atoms with E-state index in [1.54, 1.807) is 0 Å². The van der Waals surface area contributed by atoms with Crippen LogP contribution in [-0.2, 0) is 22.7 Å². The molecule has 6 nitrogen and oxygen atoms in total. The van der Waals surface area contributed by atoms with Crippen molar-refractivity contribution in [3.05, 3.63) is 59.4 Å². The number of amides is 2. The molecule has 0 saturated carbocycles. The zero-order valence-electron chi connectivity index (χ0n) is 15.2. The lowest BCUT2D eigenvalue weighted by Crippen LogP contribution is -2.25. The number of para-hydroxylation sites is 2. The van der Waals surface area contributed by atoms with Crippen molar-refractivity contribution in [1.82, 2.24) is 14.9 Å². The van der Waals surface area contributed by atoms with Crippen LogP contribution in [0.5, 0.6) is 0 Å². The molecule has 0 fully saturated rings. The molecular formula is C20H22N4O2. The summed E-state index contributed by atoms with van der Waals surface area (Å²) in [7, 11) is 0. The van der Waals surface area contributed by atoms with Crippen LogP contribution >= 0.6 is 0 Å². The van der Waals surface area contributed by atoms with Crippen molar-refractivity contribution < 1.29 is 9.59 Å². The Morgan fingerprint density at radius 3 is 2.46 bits per heavy atom. The summed E-state index contributed by atoms with van der Waals surface area (Å²) in [5.41, 5.74) is 4.63. The molecule has 0 bridgehead atoms. The molecule has 6 heteroatoms. The average molecular weight is 350 g/mol. The number of carbonyl (C=O) groups excluding carboxylic acids is 2. The van der Waals surface area contributed by atoms with Crippen molar-refractivity contribution in [3.63, 3.8) is 0 Å². The molecule has 1 aromatic heterocycles. The highest BCUT2D eigenvalue weighted by molar-refractivity contribution is 5.92. The van der Waals surface area contributed by atoms with E-state index in [1.807, 2.05) is 54.8 Å². The van der Waals surface area contributed by atoms with E-state index in [0.717, 1.165) is 27.8 Å². The summed E-state index contributed by atoms with van der Waals surface area (Å²) in [6.07, 6.45) is 0.